The van der Waals surface area contributed by atoms with E-state index in [4.69, 9.17) is 22.1 Å². The van der Waals surface area contributed by atoms with Gasteiger partial charge >= 0.3 is 0 Å². The van der Waals surface area contributed by atoms with E-state index in [1.54, 1.807) is 18.2 Å². The second kappa shape index (κ2) is 7.06. The first-order chi connectivity index (χ1) is 9.56. The van der Waals surface area contributed by atoms with Crippen LogP contribution in [0, 0.1) is 0 Å². The van der Waals surface area contributed by atoms with Crippen molar-refractivity contribution in [1.29, 1.82) is 0 Å². The third-order valence-electron chi connectivity index (χ3n) is 3.08. The molecule has 1 saturated heterocycles. The van der Waals surface area contributed by atoms with Crippen molar-refractivity contribution in [2.24, 2.45) is 0 Å². The number of hydrogen-bond donors (Lipinski definition) is 2. The van der Waals surface area contributed by atoms with Gasteiger partial charge in [-0.3, -0.25) is 9.00 Å². The number of halogens is 1. The highest BCUT2D eigenvalue weighted by Gasteiger charge is 2.22. The third-order valence-corrected chi connectivity index (χ3v) is 5.16. The molecule has 1 aromatic rings. The highest BCUT2D eigenvalue weighted by Crippen LogP contribution is 2.24. The minimum Gasteiger partial charge on any atom is -0.399 e. The van der Waals surface area contributed by atoms with Crippen LogP contribution in [0.25, 0.3) is 0 Å². The molecule has 0 aromatic heterocycles. The van der Waals surface area contributed by atoms with Gasteiger partial charge in [-0.1, -0.05) is 11.6 Å². The molecule has 5 nitrogen and oxygen atoms in total. The Morgan fingerprint density at radius 2 is 2.15 bits per heavy atom. The summed E-state index contributed by atoms with van der Waals surface area (Å²) in [4.78, 5) is 11.9. The number of rotatable bonds is 4. The lowest BCUT2D eigenvalue weighted by Crippen LogP contribution is -2.30. The fourth-order valence-electron chi connectivity index (χ4n) is 2.00. The predicted octanol–water partition coefficient (Wildman–Crippen LogP) is 1.79. The fraction of sp³-hybridized carbons (Fsp3) is 0.462. The van der Waals surface area contributed by atoms with Crippen LogP contribution >= 0.6 is 11.6 Å². The molecule has 110 valence electrons. The minimum absolute atomic E-state index is 0.0224. The Balaban J connectivity index is 1.90. The lowest BCUT2D eigenvalue weighted by atomic mass is 10.2. The van der Waals surface area contributed by atoms with Gasteiger partial charge in [0.1, 0.15) is 5.75 Å². The lowest BCUT2D eigenvalue weighted by Gasteiger charge is -2.21. The molecule has 0 radical (unpaired) electrons. The number of carbonyl (C=O) groups excluding carboxylic acids is 1. The van der Waals surface area contributed by atoms with Crippen LogP contribution in [0.4, 0.5) is 11.4 Å². The average molecular weight is 317 g/mol. The SMILES string of the molecule is Nc1ccc(NC(=O)CS(=O)C2CCOCC2)c(Cl)c1. The van der Waals surface area contributed by atoms with Crippen molar-refractivity contribution in [2.45, 2.75) is 18.1 Å². The largest absolute Gasteiger partial charge is 0.399 e. The molecule has 1 aliphatic rings. The van der Waals surface area contributed by atoms with E-state index in [0.29, 0.717) is 29.6 Å². The highest BCUT2D eigenvalue weighted by molar-refractivity contribution is 7.86. The quantitative estimate of drug-likeness (QED) is 0.830. The van der Waals surface area contributed by atoms with Crippen LogP contribution in [0.15, 0.2) is 18.2 Å². The van der Waals surface area contributed by atoms with Crippen molar-refractivity contribution in [1.82, 2.24) is 0 Å². The summed E-state index contributed by atoms with van der Waals surface area (Å²) in [6.07, 6.45) is 1.48. The maximum absolute atomic E-state index is 12.1. The van der Waals surface area contributed by atoms with Crippen molar-refractivity contribution in [3.63, 3.8) is 0 Å². The number of carbonyl (C=O) groups is 1. The summed E-state index contributed by atoms with van der Waals surface area (Å²) < 4.78 is 17.3. The van der Waals surface area contributed by atoms with Crippen LogP contribution in [-0.2, 0) is 20.3 Å². The van der Waals surface area contributed by atoms with Crippen LogP contribution in [0.3, 0.4) is 0 Å². The summed E-state index contributed by atoms with van der Waals surface area (Å²) in [5.74, 6) is -0.327. The summed E-state index contributed by atoms with van der Waals surface area (Å²) in [6, 6.07) is 4.84. The van der Waals surface area contributed by atoms with Crippen molar-refractivity contribution in [2.75, 3.05) is 30.0 Å². The van der Waals surface area contributed by atoms with Crippen molar-refractivity contribution in [3.8, 4) is 0 Å². The van der Waals surface area contributed by atoms with E-state index in [0.717, 1.165) is 12.8 Å². The van der Waals surface area contributed by atoms with Crippen LogP contribution in [0.5, 0.6) is 0 Å². The van der Waals surface area contributed by atoms with Crippen LogP contribution < -0.4 is 11.1 Å². The molecule has 1 amide bonds. The Morgan fingerprint density at radius 1 is 1.45 bits per heavy atom. The number of amides is 1. The molecule has 3 N–H and O–H groups in total. The molecule has 0 spiro atoms. The molecule has 20 heavy (non-hydrogen) atoms. The minimum atomic E-state index is -1.18. The summed E-state index contributed by atoms with van der Waals surface area (Å²) >= 11 is 5.97. The number of anilines is 2. The summed E-state index contributed by atoms with van der Waals surface area (Å²) in [5.41, 5.74) is 6.59. The highest BCUT2D eigenvalue weighted by atomic mass is 35.5. The average Bonchev–Trinajstić information content (AvgIpc) is 2.43. The standard InChI is InChI=1S/C13H17ClN2O3S/c14-11-7-9(15)1-2-12(11)16-13(17)8-20(18)10-3-5-19-6-4-10/h1-2,7,10H,3-6,8,15H2,(H,16,17). The van der Waals surface area contributed by atoms with Gasteiger partial charge in [0.2, 0.25) is 5.91 Å². The van der Waals surface area contributed by atoms with Gasteiger partial charge in [-0.15, -0.1) is 0 Å². The number of nitrogen functional groups attached to an aromatic ring is 1. The van der Waals surface area contributed by atoms with Crippen molar-refractivity contribution in [3.05, 3.63) is 23.2 Å². The van der Waals surface area contributed by atoms with E-state index >= 15 is 0 Å². The fourth-order valence-corrected chi connectivity index (χ4v) is 3.53. The molecule has 0 aliphatic carbocycles. The first-order valence-electron chi connectivity index (χ1n) is 6.36. The van der Waals surface area contributed by atoms with Crippen LogP contribution in [-0.4, -0.2) is 34.3 Å². The molecule has 1 aromatic carbocycles. The zero-order valence-electron chi connectivity index (χ0n) is 10.9. The van der Waals surface area contributed by atoms with Gasteiger partial charge in [0.05, 0.1) is 10.7 Å². The van der Waals surface area contributed by atoms with E-state index in [1.165, 1.54) is 0 Å². The van der Waals surface area contributed by atoms with Crippen molar-refractivity contribution >= 4 is 39.7 Å². The van der Waals surface area contributed by atoms with E-state index in [-0.39, 0.29) is 16.9 Å². The summed E-state index contributed by atoms with van der Waals surface area (Å²) in [6.45, 7) is 1.23. The Morgan fingerprint density at radius 3 is 2.80 bits per heavy atom. The molecule has 1 fully saturated rings. The normalized spacial score (nSPS) is 17.6. The summed E-state index contributed by atoms with van der Waals surface area (Å²) in [7, 11) is -1.18. The van der Waals surface area contributed by atoms with Gasteiger partial charge in [0.25, 0.3) is 0 Å². The molecule has 1 heterocycles. The molecule has 1 aliphatic heterocycles. The molecule has 0 saturated carbocycles. The molecule has 2 rings (SSSR count). The van der Waals surface area contributed by atoms with Crippen LogP contribution in [0.2, 0.25) is 5.02 Å². The van der Waals surface area contributed by atoms with Gasteiger partial charge in [-0.2, -0.15) is 0 Å². The monoisotopic (exact) mass is 316 g/mol. The van der Waals surface area contributed by atoms with Gasteiger partial charge in [0, 0.05) is 35.0 Å². The number of nitrogens with one attached hydrogen (secondary N) is 1. The van der Waals surface area contributed by atoms with E-state index in [2.05, 4.69) is 5.32 Å². The van der Waals surface area contributed by atoms with E-state index in [9.17, 15) is 9.00 Å². The summed E-state index contributed by atoms with van der Waals surface area (Å²) in [5, 5.41) is 3.07. The van der Waals surface area contributed by atoms with Gasteiger partial charge in [-0.05, 0) is 31.0 Å². The zero-order chi connectivity index (χ0) is 14.5. The Kier molecular flexibility index (Phi) is 5.39. The van der Waals surface area contributed by atoms with E-state index < -0.39 is 10.8 Å². The van der Waals surface area contributed by atoms with Crippen LogP contribution in [0.1, 0.15) is 12.8 Å². The molecular weight excluding hydrogens is 300 g/mol. The molecule has 1 unspecified atom stereocenters. The second-order valence-corrected chi connectivity index (χ2v) is 6.75. The van der Waals surface area contributed by atoms with Gasteiger partial charge < -0.3 is 15.8 Å². The number of hydrogen-bond acceptors (Lipinski definition) is 4. The zero-order valence-corrected chi connectivity index (χ0v) is 12.5. The lowest BCUT2D eigenvalue weighted by molar-refractivity contribution is -0.113. The Labute approximate surface area is 125 Å². The number of ether oxygens (including phenoxy) is 1. The predicted molar refractivity (Wildman–Crippen MR) is 81.3 cm³/mol. The Bertz CT molecular complexity index is 518. The molecule has 0 bridgehead atoms. The van der Waals surface area contributed by atoms with Gasteiger partial charge in [-0.25, -0.2) is 0 Å². The number of benzene rings is 1. The smallest absolute Gasteiger partial charge is 0.237 e. The van der Waals surface area contributed by atoms with Gasteiger partial charge in [0.15, 0.2) is 0 Å². The number of nitrogens with two attached hydrogens (primary N) is 1. The second-order valence-electron chi connectivity index (χ2n) is 4.62. The third kappa shape index (κ3) is 4.19. The van der Waals surface area contributed by atoms with Crippen molar-refractivity contribution < 1.29 is 13.7 Å². The molecular formula is C13H17ClN2O3S. The molecule has 1 atom stereocenters. The molecule has 7 heteroatoms. The first-order valence-corrected chi connectivity index (χ1v) is 8.12. The van der Waals surface area contributed by atoms with E-state index in [1.807, 2.05) is 0 Å². The maximum atomic E-state index is 12.1. The first kappa shape index (κ1) is 15.3. The maximum Gasteiger partial charge on any atom is 0.237 e. The Hall–Kier alpha value is -1.11. The topological polar surface area (TPSA) is 81.4 Å².